The number of halogens is 1. The molecule has 0 bridgehead atoms. The Morgan fingerprint density at radius 2 is 1.43 bits per heavy atom. The Morgan fingerprint density at radius 3 is 2.05 bits per heavy atom. The summed E-state index contributed by atoms with van der Waals surface area (Å²) < 4.78 is 13.5. The molecule has 0 atom stereocenters. The predicted octanol–water partition coefficient (Wildman–Crippen LogP) is 4.77. The van der Waals surface area contributed by atoms with Crippen molar-refractivity contribution in [2.75, 3.05) is 10.6 Å². The third-order valence-corrected chi connectivity index (χ3v) is 3.11. The van der Waals surface area contributed by atoms with E-state index in [1.807, 2.05) is 24.3 Å². The summed E-state index contributed by atoms with van der Waals surface area (Å²) in [6.07, 6.45) is 0. The van der Waals surface area contributed by atoms with E-state index in [4.69, 9.17) is 0 Å². The summed E-state index contributed by atoms with van der Waals surface area (Å²) in [4.78, 5) is 12.0. The van der Waals surface area contributed by atoms with E-state index in [0.29, 0.717) is 0 Å². The number of amides is 2. The summed E-state index contributed by atoms with van der Waals surface area (Å²) in [5.41, 5.74) is 1.80. The quantitative estimate of drug-likeness (QED) is 0.820. The van der Waals surface area contributed by atoms with Crippen LogP contribution < -0.4 is 10.6 Å². The first-order chi connectivity index (χ1) is 9.88. The van der Waals surface area contributed by atoms with E-state index in [9.17, 15) is 9.18 Å². The van der Waals surface area contributed by atoms with Gasteiger partial charge in [0.05, 0.1) is 5.69 Å². The molecule has 0 aliphatic carbocycles. The Balaban J connectivity index is 2.16. The number of hydrogen-bond acceptors (Lipinski definition) is 1. The lowest BCUT2D eigenvalue weighted by Crippen LogP contribution is -2.23. The van der Waals surface area contributed by atoms with Gasteiger partial charge in [-0.3, -0.25) is 0 Å². The molecule has 0 radical (unpaired) electrons. The summed E-state index contributed by atoms with van der Waals surface area (Å²) >= 11 is 0. The summed E-state index contributed by atoms with van der Waals surface area (Å²) in [5.74, 6) is -0.461. The van der Waals surface area contributed by atoms with Crippen molar-refractivity contribution < 1.29 is 9.18 Å². The van der Waals surface area contributed by atoms with Gasteiger partial charge in [-0.25, -0.2) is 9.18 Å². The number of carbonyl (C=O) groups excluding carboxylic acids is 1. The zero-order chi connectivity index (χ0) is 15.5. The number of para-hydroxylation sites is 2. The molecule has 21 heavy (non-hydrogen) atoms. The van der Waals surface area contributed by atoms with E-state index in [-0.39, 0.29) is 11.1 Å². The molecule has 0 aliphatic heterocycles. The van der Waals surface area contributed by atoms with Crippen molar-refractivity contribution >= 4 is 17.4 Å². The standard InChI is InChI=1S/C17H19FN2O/c1-17(2,3)12-8-4-6-10-14(12)19-16(21)20-15-11-7-5-9-13(15)18/h4-11H,1-3H3,(H2,19,20,21). The van der Waals surface area contributed by atoms with Crippen molar-refractivity contribution in [3.8, 4) is 0 Å². The second-order valence-corrected chi connectivity index (χ2v) is 5.85. The molecule has 2 aromatic rings. The van der Waals surface area contributed by atoms with E-state index in [0.717, 1.165) is 11.3 Å². The van der Waals surface area contributed by atoms with Gasteiger partial charge < -0.3 is 10.6 Å². The van der Waals surface area contributed by atoms with E-state index in [2.05, 4.69) is 31.4 Å². The number of anilines is 2. The van der Waals surface area contributed by atoms with Gasteiger partial charge in [-0.1, -0.05) is 51.1 Å². The highest BCUT2D eigenvalue weighted by Gasteiger charge is 2.18. The van der Waals surface area contributed by atoms with Crippen molar-refractivity contribution in [3.63, 3.8) is 0 Å². The van der Waals surface area contributed by atoms with Crippen LogP contribution in [0, 0.1) is 5.82 Å². The van der Waals surface area contributed by atoms with Gasteiger partial charge in [0, 0.05) is 5.69 Å². The molecule has 2 rings (SSSR count). The zero-order valence-electron chi connectivity index (χ0n) is 12.4. The van der Waals surface area contributed by atoms with Crippen LogP contribution in [0.5, 0.6) is 0 Å². The zero-order valence-corrected chi connectivity index (χ0v) is 12.4. The summed E-state index contributed by atoms with van der Waals surface area (Å²) in [5, 5.41) is 5.29. The van der Waals surface area contributed by atoms with Gasteiger partial charge in [-0.15, -0.1) is 0 Å². The SMILES string of the molecule is CC(C)(C)c1ccccc1NC(=O)Nc1ccccc1F. The molecule has 2 amide bonds. The monoisotopic (exact) mass is 286 g/mol. The highest BCUT2D eigenvalue weighted by molar-refractivity contribution is 6.00. The van der Waals surface area contributed by atoms with Crippen molar-refractivity contribution in [1.29, 1.82) is 0 Å². The van der Waals surface area contributed by atoms with E-state index in [1.165, 1.54) is 12.1 Å². The predicted molar refractivity (Wildman–Crippen MR) is 84.2 cm³/mol. The van der Waals surface area contributed by atoms with Gasteiger partial charge in [0.25, 0.3) is 0 Å². The van der Waals surface area contributed by atoms with Gasteiger partial charge in [-0.05, 0) is 29.2 Å². The van der Waals surface area contributed by atoms with E-state index >= 15 is 0 Å². The third kappa shape index (κ3) is 3.81. The largest absolute Gasteiger partial charge is 0.323 e. The van der Waals surface area contributed by atoms with Crippen molar-refractivity contribution in [1.82, 2.24) is 0 Å². The molecular formula is C17H19FN2O. The Morgan fingerprint density at radius 1 is 0.905 bits per heavy atom. The minimum Gasteiger partial charge on any atom is -0.307 e. The fourth-order valence-electron chi connectivity index (χ4n) is 2.08. The van der Waals surface area contributed by atoms with Crippen molar-refractivity contribution in [3.05, 3.63) is 59.9 Å². The number of urea groups is 1. The molecule has 0 spiro atoms. The van der Waals surface area contributed by atoms with Crippen LogP contribution in [-0.2, 0) is 5.41 Å². The molecule has 2 N–H and O–H groups in total. The highest BCUT2D eigenvalue weighted by Crippen LogP contribution is 2.29. The maximum absolute atomic E-state index is 13.5. The Bertz CT molecular complexity index is 647. The first-order valence-electron chi connectivity index (χ1n) is 6.80. The summed E-state index contributed by atoms with van der Waals surface area (Å²) in [6, 6.07) is 13.2. The molecule has 0 aromatic heterocycles. The number of rotatable bonds is 2. The number of benzene rings is 2. The lowest BCUT2D eigenvalue weighted by Gasteiger charge is -2.23. The number of carbonyl (C=O) groups is 1. The smallest absolute Gasteiger partial charge is 0.307 e. The van der Waals surface area contributed by atoms with Crippen LogP contribution in [0.25, 0.3) is 0 Å². The van der Waals surface area contributed by atoms with Crippen LogP contribution in [0.15, 0.2) is 48.5 Å². The van der Waals surface area contributed by atoms with Gasteiger partial charge in [0.15, 0.2) is 0 Å². The van der Waals surface area contributed by atoms with Crippen LogP contribution in [0.3, 0.4) is 0 Å². The molecule has 0 aliphatic rings. The second-order valence-electron chi connectivity index (χ2n) is 5.85. The van der Waals surface area contributed by atoms with Gasteiger partial charge in [0.1, 0.15) is 5.82 Å². The Hall–Kier alpha value is -2.36. The van der Waals surface area contributed by atoms with Crippen LogP contribution >= 0.6 is 0 Å². The van der Waals surface area contributed by atoms with Crippen LogP contribution in [-0.4, -0.2) is 6.03 Å². The molecule has 110 valence electrons. The molecule has 0 unspecified atom stereocenters. The molecule has 0 heterocycles. The van der Waals surface area contributed by atoms with Crippen LogP contribution in [0.2, 0.25) is 0 Å². The molecule has 0 saturated heterocycles. The first-order valence-corrected chi connectivity index (χ1v) is 6.80. The Labute approximate surface area is 124 Å². The fourth-order valence-corrected chi connectivity index (χ4v) is 2.08. The second kappa shape index (κ2) is 5.95. The molecule has 4 heteroatoms. The average molecular weight is 286 g/mol. The summed E-state index contributed by atoms with van der Waals surface area (Å²) in [6.45, 7) is 6.22. The van der Waals surface area contributed by atoms with Crippen molar-refractivity contribution in [2.24, 2.45) is 0 Å². The lowest BCUT2D eigenvalue weighted by atomic mass is 9.86. The minimum absolute atomic E-state index is 0.0954. The maximum atomic E-state index is 13.5. The van der Waals surface area contributed by atoms with E-state index in [1.54, 1.807) is 12.1 Å². The van der Waals surface area contributed by atoms with Crippen LogP contribution in [0.1, 0.15) is 26.3 Å². The van der Waals surface area contributed by atoms with Crippen molar-refractivity contribution in [2.45, 2.75) is 26.2 Å². The lowest BCUT2D eigenvalue weighted by molar-refractivity contribution is 0.262. The Kier molecular flexibility index (Phi) is 4.26. The number of hydrogen-bond donors (Lipinski definition) is 2. The minimum atomic E-state index is -0.461. The first kappa shape index (κ1) is 15.0. The topological polar surface area (TPSA) is 41.1 Å². The van der Waals surface area contributed by atoms with Gasteiger partial charge in [0.2, 0.25) is 0 Å². The van der Waals surface area contributed by atoms with E-state index < -0.39 is 11.8 Å². The molecule has 0 fully saturated rings. The normalized spacial score (nSPS) is 11.0. The maximum Gasteiger partial charge on any atom is 0.323 e. The molecule has 3 nitrogen and oxygen atoms in total. The average Bonchev–Trinajstić information content (AvgIpc) is 2.41. The fraction of sp³-hybridized carbons (Fsp3) is 0.235. The highest BCUT2D eigenvalue weighted by atomic mass is 19.1. The van der Waals surface area contributed by atoms with Crippen LogP contribution in [0.4, 0.5) is 20.6 Å². The third-order valence-electron chi connectivity index (χ3n) is 3.11. The number of nitrogens with one attached hydrogen (secondary N) is 2. The van der Waals surface area contributed by atoms with Gasteiger partial charge >= 0.3 is 6.03 Å². The van der Waals surface area contributed by atoms with Gasteiger partial charge in [-0.2, -0.15) is 0 Å². The molecular weight excluding hydrogens is 267 g/mol. The molecule has 2 aromatic carbocycles. The summed E-state index contributed by atoms with van der Waals surface area (Å²) in [7, 11) is 0. The molecule has 0 saturated carbocycles.